The van der Waals surface area contributed by atoms with Crippen LogP contribution in [0.4, 0.5) is 0 Å². The van der Waals surface area contributed by atoms with Gasteiger partial charge in [-0.15, -0.1) is 0 Å². The number of hydrogen-bond donors (Lipinski definition) is 1. The SMILES string of the molecule is CCc1ccc(CSc2ncc(CO)n2C)cc1. The largest absolute Gasteiger partial charge is 0.390 e. The molecule has 0 bridgehead atoms. The van der Waals surface area contributed by atoms with E-state index >= 15 is 0 Å². The van der Waals surface area contributed by atoms with Gasteiger partial charge < -0.3 is 9.67 Å². The lowest BCUT2D eigenvalue weighted by molar-refractivity contribution is 0.271. The van der Waals surface area contributed by atoms with Crippen molar-refractivity contribution in [3.8, 4) is 0 Å². The summed E-state index contributed by atoms with van der Waals surface area (Å²) < 4.78 is 1.94. The van der Waals surface area contributed by atoms with E-state index in [1.807, 2.05) is 11.6 Å². The highest BCUT2D eigenvalue weighted by Crippen LogP contribution is 2.22. The van der Waals surface area contributed by atoms with Crippen molar-refractivity contribution < 1.29 is 5.11 Å². The third-order valence-electron chi connectivity index (χ3n) is 3.00. The topological polar surface area (TPSA) is 38.1 Å². The number of aliphatic hydroxyl groups excluding tert-OH is 1. The lowest BCUT2D eigenvalue weighted by Gasteiger charge is -2.04. The molecule has 0 unspecified atom stereocenters. The average Bonchev–Trinajstić information content (AvgIpc) is 2.77. The molecule has 96 valence electrons. The monoisotopic (exact) mass is 262 g/mol. The van der Waals surface area contributed by atoms with Crippen molar-refractivity contribution in [1.29, 1.82) is 0 Å². The number of aromatic nitrogens is 2. The highest BCUT2D eigenvalue weighted by atomic mass is 32.2. The first kappa shape index (κ1) is 13.2. The Morgan fingerprint density at radius 2 is 1.89 bits per heavy atom. The standard InChI is InChI=1S/C14H18N2OS/c1-3-11-4-6-12(7-5-11)10-18-14-15-8-13(9-17)16(14)2/h4-8,17H,3,9-10H2,1-2H3. The zero-order valence-corrected chi connectivity index (χ0v) is 11.6. The fourth-order valence-electron chi connectivity index (χ4n) is 1.73. The van der Waals surface area contributed by atoms with Crippen molar-refractivity contribution in [2.45, 2.75) is 30.9 Å². The minimum Gasteiger partial charge on any atom is -0.390 e. The van der Waals surface area contributed by atoms with Gasteiger partial charge in [0.15, 0.2) is 5.16 Å². The Hall–Kier alpha value is -1.26. The Bertz CT molecular complexity index is 505. The number of nitrogens with zero attached hydrogens (tertiary/aromatic N) is 2. The molecular weight excluding hydrogens is 244 g/mol. The maximum atomic E-state index is 9.10. The number of thioether (sulfide) groups is 1. The molecule has 0 atom stereocenters. The predicted octanol–water partition coefficient (Wildman–Crippen LogP) is 2.77. The van der Waals surface area contributed by atoms with Crippen LogP contribution in [-0.2, 0) is 25.8 Å². The van der Waals surface area contributed by atoms with E-state index in [0.717, 1.165) is 23.0 Å². The molecule has 0 radical (unpaired) electrons. The van der Waals surface area contributed by atoms with E-state index in [1.165, 1.54) is 11.1 Å². The van der Waals surface area contributed by atoms with Gasteiger partial charge in [-0.05, 0) is 17.5 Å². The maximum absolute atomic E-state index is 9.10. The van der Waals surface area contributed by atoms with Gasteiger partial charge in [0.1, 0.15) is 0 Å². The molecule has 0 spiro atoms. The number of rotatable bonds is 5. The van der Waals surface area contributed by atoms with Crippen molar-refractivity contribution in [3.63, 3.8) is 0 Å². The molecule has 2 rings (SSSR count). The van der Waals surface area contributed by atoms with Crippen LogP contribution in [0.1, 0.15) is 23.7 Å². The smallest absolute Gasteiger partial charge is 0.168 e. The summed E-state index contributed by atoms with van der Waals surface area (Å²) in [6.45, 7) is 2.20. The zero-order chi connectivity index (χ0) is 13.0. The van der Waals surface area contributed by atoms with E-state index in [9.17, 15) is 0 Å². The minimum atomic E-state index is 0.0370. The molecule has 0 saturated heterocycles. The number of aryl methyl sites for hydroxylation is 1. The van der Waals surface area contributed by atoms with Crippen molar-refractivity contribution in [2.24, 2.45) is 7.05 Å². The Balaban J connectivity index is 1.99. The van der Waals surface area contributed by atoms with Gasteiger partial charge in [0.25, 0.3) is 0 Å². The van der Waals surface area contributed by atoms with Crippen LogP contribution in [0, 0.1) is 0 Å². The first-order valence-corrected chi connectivity index (χ1v) is 7.05. The third-order valence-corrected chi connectivity index (χ3v) is 4.12. The highest BCUT2D eigenvalue weighted by Gasteiger charge is 2.06. The van der Waals surface area contributed by atoms with Crippen molar-refractivity contribution in [3.05, 3.63) is 47.3 Å². The van der Waals surface area contributed by atoms with E-state index in [1.54, 1.807) is 18.0 Å². The minimum absolute atomic E-state index is 0.0370. The molecule has 2 aromatic rings. The van der Waals surface area contributed by atoms with Crippen LogP contribution >= 0.6 is 11.8 Å². The lowest BCUT2D eigenvalue weighted by Crippen LogP contribution is -1.97. The fourth-order valence-corrected chi connectivity index (χ4v) is 2.65. The van der Waals surface area contributed by atoms with E-state index in [2.05, 4.69) is 36.2 Å². The Morgan fingerprint density at radius 1 is 1.22 bits per heavy atom. The summed E-state index contributed by atoms with van der Waals surface area (Å²) in [5, 5.41) is 10.0. The number of aliphatic hydroxyl groups is 1. The van der Waals surface area contributed by atoms with Gasteiger partial charge >= 0.3 is 0 Å². The fraction of sp³-hybridized carbons (Fsp3) is 0.357. The molecule has 0 saturated carbocycles. The molecule has 0 amide bonds. The molecule has 0 fully saturated rings. The van der Waals surface area contributed by atoms with Crippen LogP contribution in [-0.4, -0.2) is 14.7 Å². The van der Waals surface area contributed by atoms with Gasteiger partial charge in [-0.2, -0.15) is 0 Å². The van der Waals surface area contributed by atoms with E-state index < -0.39 is 0 Å². The molecule has 4 heteroatoms. The summed E-state index contributed by atoms with van der Waals surface area (Å²) in [6, 6.07) is 8.68. The lowest BCUT2D eigenvalue weighted by atomic mass is 10.1. The van der Waals surface area contributed by atoms with Gasteiger partial charge in [0, 0.05) is 12.8 Å². The Morgan fingerprint density at radius 3 is 2.44 bits per heavy atom. The van der Waals surface area contributed by atoms with E-state index in [-0.39, 0.29) is 6.61 Å². The molecule has 18 heavy (non-hydrogen) atoms. The van der Waals surface area contributed by atoms with Gasteiger partial charge in [0.2, 0.25) is 0 Å². The summed E-state index contributed by atoms with van der Waals surface area (Å²) in [7, 11) is 1.93. The maximum Gasteiger partial charge on any atom is 0.168 e. The molecule has 3 nitrogen and oxygen atoms in total. The molecule has 0 aliphatic rings. The van der Waals surface area contributed by atoms with E-state index in [0.29, 0.717) is 0 Å². The Labute approximate surface area is 112 Å². The summed E-state index contributed by atoms with van der Waals surface area (Å²) >= 11 is 1.69. The van der Waals surface area contributed by atoms with Gasteiger partial charge in [-0.3, -0.25) is 0 Å². The highest BCUT2D eigenvalue weighted by molar-refractivity contribution is 7.98. The van der Waals surface area contributed by atoms with Crippen LogP contribution in [0.5, 0.6) is 0 Å². The second kappa shape index (κ2) is 6.07. The summed E-state index contributed by atoms with van der Waals surface area (Å²) in [4.78, 5) is 4.30. The Kier molecular flexibility index (Phi) is 4.44. The first-order chi connectivity index (χ1) is 8.74. The van der Waals surface area contributed by atoms with Crippen LogP contribution in [0.3, 0.4) is 0 Å². The normalized spacial score (nSPS) is 10.8. The summed E-state index contributed by atoms with van der Waals surface area (Å²) in [6.07, 6.45) is 2.80. The van der Waals surface area contributed by atoms with E-state index in [4.69, 9.17) is 5.11 Å². The van der Waals surface area contributed by atoms with Crippen LogP contribution in [0.2, 0.25) is 0 Å². The third kappa shape index (κ3) is 2.94. The second-order valence-corrected chi connectivity index (χ2v) is 5.15. The van der Waals surface area contributed by atoms with Gasteiger partial charge in [0.05, 0.1) is 18.5 Å². The van der Waals surface area contributed by atoms with Gasteiger partial charge in [-0.25, -0.2) is 4.98 Å². The molecule has 1 aromatic carbocycles. The molecular formula is C14H18N2OS. The quantitative estimate of drug-likeness (QED) is 0.842. The van der Waals surface area contributed by atoms with Crippen molar-refractivity contribution >= 4 is 11.8 Å². The van der Waals surface area contributed by atoms with Gasteiger partial charge in [-0.1, -0.05) is 43.0 Å². The summed E-state index contributed by atoms with van der Waals surface area (Å²) in [5.74, 6) is 0.902. The first-order valence-electron chi connectivity index (χ1n) is 6.06. The molecule has 0 aliphatic heterocycles. The van der Waals surface area contributed by atoms with Crippen LogP contribution < -0.4 is 0 Å². The number of hydrogen-bond acceptors (Lipinski definition) is 3. The molecule has 1 aromatic heterocycles. The summed E-state index contributed by atoms with van der Waals surface area (Å²) in [5.41, 5.74) is 3.51. The number of imidazole rings is 1. The average molecular weight is 262 g/mol. The molecule has 0 aliphatic carbocycles. The molecule has 1 N–H and O–H groups in total. The predicted molar refractivity (Wildman–Crippen MR) is 74.5 cm³/mol. The van der Waals surface area contributed by atoms with Crippen LogP contribution in [0.25, 0.3) is 0 Å². The molecule has 1 heterocycles. The van der Waals surface area contributed by atoms with Crippen molar-refractivity contribution in [1.82, 2.24) is 9.55 Å². The number of benzene rings is 1. The zero-order valence-electron chi connectivity index (χ0n) is 10.8. The van der Waals surface area contributed by atoms with Crippen LogP contribution in [0.15, 0.2) is 35.6 Å². The second-order valence-electron chi connectivity index (χ2n) is 4.21. The van der Waals surface area contributed by atoms with Crippen molar-refractivity contribution in [2.75, 3.05) is 0 Å².